The first-order chi connectivity index (χ1) is 18.4. The van der Waals surface area contributed by atoms with Crippen molar-refractivity contribution in [3.63, 3.8) is 0 Å². The van der Waals surface area contributed by atoms with Gasteiger partial charge in [-0.15, -0.1) is 0 Å². The fourth-order valence-electron chi connectivity index (χ4n) is 4.46. The molecular weight excluding hydrogens is 494 g/mol. The summed E-state index contributed by atoms with van der Waals surface area (Å²) in [7, 11) is 1.41. The predicted octanol–water partition coefficient (Wildman–Crippen LogP) is -1.55. The minimum absolute atomic E-state index is 0.111. The van der Waals surface area contributed by atoms with Crippen molar-refractivity contribution in [3.05, 3.63) is 24.3 Å². The van der Waals surface area contributed by atoms with Crippen LogP contribution in [0.3, 0.4) is 0 Å². The number of carbonyl (C=O) groups excluding carboxylic acids is 4. The number of nitrogens with one attached hydrogen (secondary N) is 3. The van der Waals surface area contributed by atoms with Crippen LogP contribution >= 0.6 is 0 Å². The van der Waals surface area contributed by atoms with Gasteiger partial charge in [0, 0.05) is 58.3 Å². The van der Waals surface area contributed by atoms with Crippen molar-refractivity contribution < 1.29 is 23.9 Å². The van der Waals surface area contributed by atoms with Crippen LogP contribution < -0.4 is 21.8 Å². The zero-order chi connectivity index (χ0) is 27.3. The van der Waals surface area contributed by atoms with E-state index < -0.39 is 17.9 Å². The Morgan fingerprint density at radius 1 is 1.21 bits per heavy atom. The highest BCUT2D eigenvalue weighted by Gasteiger charge is 2.41. The van der Waals surface area contributed by atoms with E-state index in [0.717, 1.165) is 38.8 Å². The number of amides is 4. The van der Waals surface area contributed by atoms with Gasteiger partial charge in [0.1, 0.15) is 24.7 Å². The van der Waals surface area contributed by atoms with Crippen molar-refractivity contribution >= 4 is 30.0 Å². The maximum absolute atomic E-state index is 13.2. The van der Waals surface area contributed by atoms with Gasteiger partial charge in [-0.2, -0.15) is 5.10 Å². The number of aromatic nitrogens is 2. The van der Waals surface area contributed by atoms with Crippen molar-refractivity contribution in [3.8, 4) is 0 Å². The number of rotatable bonds is 14. The summed E-state index contributed by atoms with van der Waals surface area (Å²) in [5.74, 6) is 3.93. The van der Waals surface area contributed by atoms with Gasteiger partial charge in [0.05, 0.1) is 12.6 Å². The largest absolute Gasteiger partial charge is 0.375 e. The van der Waals surface area contributed by atoms with Crippen LogP contribution in [-0.2, 0) is 19.1 Å². The molecule has 1 aromatic heterocycles. The molecule has 38 heavy (non-hydrogen) atoms. The molecule has 14 heteroatoms. The van der Waals surface area contributed by atoms with Gasteiger partial charge < -0.3 is 36.3 Å². The molecular formula is C24H37N9O5. The summed E-state index contributed by atoms with van der Waals surface area (Å²) in [6.07, 6.45) is 9.08. The Bertz CT molecular complexity index is 973. The van der Waals surface area contributed by atoms with Crippen LogP contribution in [-0.4, -0.2) is 108 Å². The summed E-state index contributed by atoms with van der Waals surface area (Å²) >= 11 is 0. The van der Waals surface area contributed by atoms with E-state index in [4.69, 9.17) is 10.6 Å². The molecule has 5 N–H and O–H groups in total. The lowest BCUT2D eigenvalue weighted by molar-refractivity contribution is -0.145. The highest BCUT2D eigenvalue weighted by Crippen LogP contribution is 2.30. The molecule has 208 valence electrons. The average Bonchev–Trinajstić information content (AvgIpc) is 3.75. The third-order valence-corrected chi connectivity index (χ3v) is 6.39. The van der Waals surface area contributed by atoms with Crippen LogP contribution in [0.4, 0.5) is 0 Å². The summed E-state index contributed by atoms with van der Waals surface area (Å²) in [5, 5.41) is 11.9. The summed E-state index contributed by atoms with van der Waals surface area (Å²) in [6.45, 7) is 2.11. The number of hydrazone groups is 1. The number of methoxy groups -OCH3 is 1. The number of hydrogen-bond donors (Lipinski definition) is 4. The van der Waals surface area contributed by atoms with Gasteiger partial charge in [-0.1, -0.05) is 0 Å². The number of hydrogen-bond acceptors (Lipinski definition) is 9. The van der Waals surface area contributed by atoms with Gasteiger partial charge in [0.25, 0.3) is 5.91 Å². The number of nitrogens with zero attached hydrogens (tertiary/aromatic N) is 5. The second kappa shape index (κ2) is 14.8. The number of carbonyl (C=O) groups is 4. The zero-order valence-corrected chi connectivity index (χ0v) is 21.7. The van der Waals surface area contributed by atoms with Gasteiger partial charge in [-0.05, 0) is 31.6 Å². The summed E-state index contributed by atoms with van der Waals surface area (Å²) < 4.78 is 5.01. The Balaban J connectivity index is 1.56. The first-order valence-corrected chi connectivity index (χ1v) is 12.8. The normalized spacial score (nSPS) is 18.0. The van der Waals surface area contributed by atoms with E-state index in [9.17, 15) is 19.2 Å². The Hall–Kier alpha value is -3.81. The molecule has 4 amide bonds. The Labute approximate surface area is 221 Å². The first kappa shape index (κ1) is 28.8. The van der Waals surface area contributed by atoms with E-state index in [1.807, 2.05) is 4.90 Å². The maximum Gasteiger partial charge on any atom is 0.271 e. The topological polar surface area (TPSA) is 184 Å². The second-order valence-corrected chi connectivity index (χ2v) is 9.39. The molecule has 1 saturated heterocycles. The summed E-state index contributed by atoms with van der Waals surface area (Å²) in [6, 6.07) is -1.10. The molecule has 1 saturated carbocycles. The average molecular weight is 532 g/mol. The third kappa shape index (κ3) is 8.94. The van der Waals surface area contributed by atoms with Crippen molar-refractivity contribution in [2.75, 3.05) is 46.4 Å². The number of ether oxygens (including phenoxy) is 1. The smallest absolute Gasteiger partial charge is 0.271 e. The SMILES string of the molecule is COCC(=O)N(C1CC1)[C@@H](CC(=O)NC[C@@H]1CCCN(C=NN)C1)C(=O)NCCNC(=O)c1cnccn1. The fraction of sp³-hybridized carbons (Fsp3) is 0.625. The van der Waals surface area contributed by atoms with Crippen LogP contribution in [0.1, 0.15) is 42.6 Å². The summed E-state index contributed by atoms with van der Waals surface area (Å²) in [5.41, 5.74) is 0.162. The molecule has 1 aromatic rings. The number of likely N-dealkylation sites (tertiary alicyclic amines) is 1. The standard InChI is InChI=1S/C24H37N9O5/c1-38-15-22(35)33(18-4-5-18)20(11-21(34)30-12-17-3-2-10-32(14-17)16-31-25)24(37)29-9-8-28-23(36)19-13-26-6-7-27-19/h6-7,13,16-18,20H,2-5,8-12,14-15,25H2,1H3,(H,28,36)(H,29,37)(H,30,34)/t17-,20-/m0/s1. The van der Waals surface area contributed by atoms with Gasteiger partial charge in [0.15, 0.2) is 0 Å². The fourth-order valence-corrected chi connectivity index (χ4v) is 4.46. The minimum atomic E-state index is -0.993. The molecule has 3 rings (SSSR count). The van der Waals surface area contributed by atoms with Gasteiger partial charge >= 0.3 is 0 Å². The summed E-state index contributed by atoms with van der Waals surface area (Å²) in [4.78, 5) is 62.3. The molecule has 2 heterocycles. The van der Waals surface area contributed by atoms with E-state index in [1.165, 1.54) is 30.6 Å². The van der Waals surface area contributed by atoms with Crippen LogP contribution in [0.2, 0.25) is 0 Å². The molecule has 0 aromatic carbocycles. The molecule has 2 atom stereocenters. The quantitative estimate of drug-likeness (QED) is 0.0725. The molecule has 0 spiro atoms. The number of nitrogens with two attached hydrogens (primary N) is 1. The number of piperidine rings is 1. The highest BCUT2D eigenvalue weighted by molar-refractivity contribution is 5.93. The van der Waals surface area contributed by atoms with Crippen molar-refractivity contribution in [1.29, 1.82) is 0 Å². The highest BCUT2D eigenvalue weighted by atomic mass is 16.5. The van der Waals surface area contributed by atoms with Crippen LogP contribution in [0.15, 0.2) is 23.7 Å². The van der Waals surface area contributed by atoms with Gasteiger partial charge in [0.2, 0.25) is 17.7 Å². The molecule has 14 nitrogen and oxygen atoms in total. The predicted molar refractivity (Wildman–Crippen MR) is 138 cm³/mol. The van der Waals surface area contributed by atoms with Crippen molar-refractivity contribution in [2.45, 2.75) is 44.2 Å². The monoisotopic (exact) mass is 531 g/mol. The molecule has 0 unspecified atom stereocenters. The van der Waals surface area contributed by atoms with E-state index >= 15 is 0 Å². The lowest BCUT2D eigenvalue weighted by atomic mass is 9.98. The second-order valence-electron chi connectivity index (χ2n) is 9.39. The molecule has 2 aliphatic rings. The van der Waals surface area contributed by atoms with E-state index in [0.29, 0.717) is 6.54 Å². The lowest BCUT2D eigenvalue weighted by Crippen LogP contribution is -2.54. The van der Waals surface area contributed by atoms with E-state index in [1.54, 1.807) is 6.34 Å². The van der Waals surface area contributed by atoms with E-state index in [-0.39, 0.29) is 55.6 Å². The molecule has 1 aliphatic carbocycles. The molecule has 0 radical (unpaired) electrons. The third-order valence-electron chi connectivity index (χ3n) is 6.39. The van der Waals surface area contributed by atoms with E-state index in [2.05, 4.69) is 31.0 Å². The Morgan fingerprint density at radius 2 is 2.00 bits per heavy atom. The minimum Gasteiger partial charge on any atom is -0.375 e. The van der Waals surface area contributed by atoms with Crippen molar-refractivity contribution in [2.24, 2.45) is 16.9 Å². The Morgan fingerprint density at radius 3 is 2.68 bits per heavy atom. The molecule has 0 bridgehead atoms. The maximum atomic E-state index is 13.2. The Kier molecular flexibility index (Phi) is 11.2. The lowest BCUT2D eigenvalue weighted by Gasteiger charge is -2.32. The zero-order valence-electron chi connectivity index (χ0n) is 21.7. The van der Waals surface area contributed by atoms with Crippen LogP contribution in [0, 0.1) is 5.92 Å². The van der Waals surface area contributed by atoms with Crippen LogP contribution in [0.25, 0.3) is 0 Å². The first-order valence-electron chi connectivity index (χ1n) is 12.8. The molecule has 2 fully saturated rings. The van der Waals surface area contributed by atoms with Crippen LogP contribution in [0.5, 0.6) is 0 Å². The van der Waals surface area contributed by atoms with Gasteiger partial charge in [-0.3, -0.25) is 24.2 Å². The van der Waals surface area contributed by atoms with Gasteiger partial charge in [-0.25, -0.2) is 4.98 Å². The van der Waals surface area contributed by atoms with Crippen molar-refractivity contribution in [1.82, 2.24) is 35.7 Å². The molecule has 1 aliphatic heterocycles.